The zero-order chi connectivity index (χ0) is 21.2. The highest BCUT2D eigenvalue weighted by atomic mass is 19.1. The average Bonchev–Trinajstić information content (AvgIpc) is 3.14. The summed E-state index contributed by atoms with van der Waals surface area (Å²) in [6.07, 6.45) is 3.10. The Balaban J connectivity index is 2.17. The van der Waals surface area contributed by atoms with Crippen LogP contribution < -0.4 is 10.7 Å². The van der Waals surface area contributed by atoms with Gasteiger partial charge in [-0.3, -0.25) is 0 Å². The van der Waals surface area contributed by atoms with E-state index in [-0.39, 0.29) is 54.3 Å². The van der Waals surface area contributed by atoms with Gasteiger partial charge in [0.25, 0.3) is 0 Å². The first-order chi connectivity index (χ1) is 14.4. The molecule has 0 saturated carbocycles. The molecule has 1 aromatic heterocycles. The lowest BCUT2D eigenvalue weighted by molar-refractivity contribution is 0.591. The molecule has 0 atom stereocenters. The van der Waals surface area contributed by atoms with Gasteiger partial charge in [0.15, 0.2) is 0 Å². The van der Waals surface area contributed by atoms with Crippen LogP contribution in [0.4, 0.5) is 17.6 Å². The van der Waals surface area contributed by atoms with E-state index in [4.69, 9.17) is 10.5 Å². The number of benzene rings is 2. The molecule has 0 spiro atoms. The summed E-state index contributed by atoms with van der Waals surface area (Å²) in [4.78, 5) is 15.8. The van der Waals surface area contributed by atoms with Crippen LogP contribution in [0, 0.1) is 46.2 Å². The molecule has 0 unspecified atom stereocenters. The van der Waals surface area contributed by atoms with Crippen LogP contribution >= 0.6 is 0 Å². The number of nitriles is 2. The molecule has 142 valence electrons. The quantitative estimate of drug-likeness (QED) is 0.292. The van der Waals surface area contributed by atoms with Gasteiger partial charge in [-0.05, 0) is 12.1 Å². The third-order valence-corrected chi connectivity index (χ3v) is 4.76. The zero-order valence-electron chi connectivity index (χ0n) is 14.5. The second-order valence-electron chi connectivity index (χ2n) is 6.36. The van der Waals surface area contributed by atoms with Crippen LogP contribution in [0.15, 0.2) is 34.3 Å². The van der Waals surface area contributed by atoms with E-state index in [9.17, 15) is 17.6 Å². The van der Waals surface area contributed by atoms with E-state index < -0.39 is 23.3 Å². The Morgan fingerprint density at radius 2 is 1.03 bits per heavy atom. The lowest BCUT2D eigenvalue weighted by Crippen LogP contribution is -2.03. The molecule has 5 aromatic rings. The number of hydrogen-bond donors (Lipinski definition) is 0. The Bertz CT molecular complexity index is 1630. The molecule has 0 aliphatic carbocycles. The molecule has 0 radical (unpaired) electrons. The highest BCUT2D eigenvalue weighted by Crippen LogP contribution is 2.30. The van der Waals surface area contributed by atoms with Gasteiger partial charge in [-0.2, -0.15) is 20.5 Å². The Kier molecular flexibility index (Phi) is 3.54. The van der Waals surface area contributed by atoms with Crippen molar-refractivity contribution in [3.63, 3.8) is 0 Å². The molecule has 6 nitrogen and oxygen atoms in total. The van der Waals surface area contributed by atoms with Crippen molar-refractivity contribution in [1.82, 2.24) is 9.97 Å². The van der Waals surface area contributed by atoms with Crippen molar-refractivity contribution in [2.45, 2.75) is 0 Å². The van der Waals surface area contributed by atoms with Gasteiger partial charge in [0, 0.05) is 33.7 Å². The fourth-order valence-corrected chi connectivity index (χ4v) is 3.70. The van der Waals surface area contributed by atoms with E-state index in [2.05, 4.69) is 20.0 Å². The van der Waals surface area contributed by atoms with Crippen molar-refractivity contribution in [2.24, 2.45) is 9.98 Å². The van der Waals surface area contributed by atoms with Gasteiger partial charge in [0.05, 0.1) is 0 Å². The first kappa shape index (κ1) is 17.6. The Morgan fingerprint density at radius 3 is 1.40 bits per heavy atom. The second kappa shape index (κ2) is 6.03. The van der Waals surface area contributed by atoms with Crippen LogP contribution in [-0.4, -0.2) is 9.97 Å². The first-order valence-corrected chi connectivity index (χ1v) is 8.30. The highest BCUT2D eigenvalue weighted by Gasteiger charge is 2.22. The third-order valence-electron chi connectivity index (χ3n) is 4.76. The predicted molar refractivity (Wildman–Crippen MR) is 96.6 cm³/mol. The van der Waals surface area contributed by atoms with Crippen LogP contribution in [0.3, 0.4) is 0 Å². The molecule has 30 heavy (non-hydrogen) atoms. The highest BCUT2D eigenvalue weighted by molar-refractivity contribution is 6.15. The maximum absolute atomic E-state index is 14.6. The fourth-order valence-electron chi connectivity index (χ4n) is 3.70. The number of rotatable bonds is 0. The summed E-state index contributed by atoms with van der Waals surface area (Å²) < 4.78 is 56.7. The van der Waals surface area contributed by atoms with E-state index in [1.807, 2.05) is 0 Å². The first-order valence-electron chi connectivity index (χ1n) is 8.30. The monoisotopic (exact) mass is 404 g/mol. The molecule has 0 aliphatic heterocycles. The maximum atomic E-state index is 14.6. The van der Waals surface area contributed by atoms with E-state index in [1.54, 1.807) is 12.4 Å². The van der Waals surface area contributed by atoms with Crippen molar-refractivity contribution in [1.29, 1.82) is 10.5 Å². The Hall–Kier alpha value is -4.44. The predicted octanol–water partition coefficient (Wildman–Crippen LogP) is 3.28. The van der Waals surface area contributed by atoms with Crippen LogP contribution in [0.5, 0.6) is 0 Å². The van der Waals surface area contributed by atoms with Crippen LogP contribution in [-0.2, 0) is 0 Å². The van der Waals surface area contributed by atoms with Crippen LogP contribution in [0.25, 0.3) is 43.6 Å². The maximum Gasteiger partial charge on any atom is 0.206 e. The third kappa shape index (κ3) is 2.22. The largest absolute Gasteiger partial charge is 0.241 e. The van der Waals surface area contributed by atoms with Gasteiger partial charge in [-0.1, -0.05) is 0 Å². The lowest BCUT2D eigenvalue weighted by Gasteiger charge is -1.96. The number of aromatic nitrogens is 2. The van der Waals surface area contributed by atoms with E-state index in [0.717, 1.165) is 12.1 Å². The Morgan fingerprint density at radius 1 is 0.633 bits per heavy atom. The summed E-state index contributed by atoms with van der Waals surface area (Å²) in [5.74, 6) is -3.71. The summed E-state index contributed by atoms with van der Waals surface area (Å²) >= 11 is 0. The smallest absolute Gasteiger partial charge is 0.206 e. The van der Waals surface area contributed by atoms with Gasteiger partial charge >= 0.3 is 0 Å². The summed E-state index contributed by atoms with van der Waals surface area (Å²) in [6, 6.07) is 3.25. The van der Waals surface area contributed by atoms with Crippen molar-refractivity contribution in [3.05, 3.63) is 58.2 Å². The summed E-state index contributed by atoms with van der Waals surface area (Å²) in [6.45, 7) is 0. The van der Waals surface area contributed by atoms with Crippen molar-refractivity contribution < 1.29 is 17.6 Å². The molecule has 0 aliphatic rings. The van der Waals surface area contributed by atoms with Crippen LogP contribution in [0.2, 0.25) is 0 Å². The number of nitrogens with zero attached hydrogens (tertiary/aromatic N) is 6. The molecule has 1 heterocycles. The van der Waals surface area contributed by atoms with Crippen molar-refractivity contribution in [3.8, 4) is 12.4 Å². The van der Waals surface area contributed by atoms with E-state index in [1.165, 1.54) is 0 Å². The molecule has 4 aromatic carbocycles. The summed E-state index contributed by atoms with van der Waals surface area (Å²) in [5.41, 5.74) is -0.283. The molecule has 0 N–H and O–H groups in total. The second-order valence-corrected chi connectivity index (χ2v) is 6.36. The van der Waals surface area contributed by atoms with Crippen LogP contribution in [0.1, 0.15) is 0 Å². The summed E-state index contributed by atoms with van der Waals surface area (Å²) in [7, 11) is 0. The van der Waals surface area contributed by atoms with Gasteiger partial charge in [0.1, 0.15) is 56.1 Å². The standard InChI is InChI=1S/C20H4F4N6/c21-7-1-9-13(11(23)3-7)17-19(15(9)27-5-25)30-18-14-10(2-8(22)4-12(14)24)16(28-6-26)20(18)29-17/h1-4H. The molecule has 10 heteroatoms. The minimum Gasteiger partial charge on any atom is -0.241 e. The summed E-state index contributed by atoms with van der Waals surface area (Å²) in [5, 5.41) is 17.4. The molecule has 0 fully saturated rings. The topological polar surface area (TPSA) is 98.1 Å². The van der Waals surface area contributed by atoms with E-state index in [0.29, 0.717) is 12.1 Å². The SMILES string of the molecule is N#CN=c1c2cc(F)cc(F)c2c2nc3c(=NC#N)c4cc(F)cc(F)c4c3nc12. The molecule has 0 saturated heterocycles. The normalized spacial score (nSPS) is 13.0. The molecule has 0 amide bonds. The van der Waals surface area contributed by atoms with Gasteiger partial charge in [-0.25, -0.2) is 27.5 Å². The fraction of sp³-hybridized carbons (Fsp3) is 0. The molecule has 5 rings (SSSR count). The number of halogens is 4. The number of fused-ring (bicyclic) bond motifs is 6. The molecular formula is C20H4F4N6. The molecular weight excluding hydrogens is 400 g/mol. The lowest BCUT2D eigenvalue weighted by atomic mass is 10.2. The van der Waals surface area contributed by atoms with Gasteiger partial charge < -0.3 is 0 Å². The minimum atomic E-state index is -0.963. The van der Waals surface area contributed by atoms with Crippen molar-refractivity contribution in [2.75, 3.05) is 0 Å². The molecule has 0 bridgehead atoms. The van der Waals surface area contributed by atoms with Gasteiger partial charge in [-0.15, -0.1) is 0 Å². The van der Waals surface area contributed by atoms with Gasteiger partial charge in [0.2, 0.25) is 12.4 Å². The Labute approximate surface area is 163 Å². The van der Waals surface area contributed by atoms with E-state index >= 15 is 0 Å². The minimum absolute atomic E-state index is 0.0358. The number of hydrogen-bond acceptors (Lipinski definition) is 6. The average molecular weight is 404 g/mol. The van der Waals surface area contributed by atoms with Crippen molar-refractivity contribution >= 4 is 43.6 Å². The zero-order valence-corrected chi connectivity index (χ0v) is 14.5.